The molecule has 20 heavy (non-hydrogen) atoms. The highest BCUT2D eigenvalue weighted by atomic mass is 16.5. The Morgan fingerprint density at radius 2 is 1.95 bits per heavy atom. The van der Waals surface area contributed by atoms with E-state index in [0.29, 0.717) is 11.8 Å². The Labute approximate surface area is 118 Å². The molecule has 0 atom stereocenters. The molecule has 5 nitrogen and oxygen atoms in total. The summed E-state index contributed by atoms with van der Waals surface area (Å²) < 4.78 is 10.7. The average Bonchev–Trinajstić information content (AvgIpc) is 2.98. The van der Waals surface area contributed by atoms with Crippen LogP contribution in [0.15, 0.2) is 34.9 Å². The van der Waals surface area contributed by atoms with E-state index in [2.05, 4.69) is 15.5 Å². The largest absolute Gasteiger partial charge is 0.385 e. The summed E-state index contributed by atoms with van der Waals surface area (Å²) in [5, 5.41) is 7.43. The number of aromatic nitrogens is 2. The van der Waals surface area contributed by atoms with Crippen molar-refractivity contribution >= 4 is 5.69 Å². The average molecular weight is 273 g/mol. The first kappa shape index (κ1) is 13.1. The van der Waals surface area contributed by atoms with E-state index in [1.807, 2.05) is 30.3 Å². The van der Waals surface area contributed by atoms with Crippen LogP contribution in [0.5, 0.6) is 0 Å². The molecule has 5 heteroatoms. The lowest BCUT2D eigenvalue weighted by Crippen LogP contribution is -2.15. The first-order valence-corrected chi connectivity index (χ1v) is 7.11. The number of nitrogens with one attached hydrogen (secondary N) is 1. The third-order valence-corrected chi connectivity index (χ3v) is 3.51. The van der Waals surface area contributed by atoms with E-state index >= 15 is 0 Å². The first-order valence-electron chi connectivity index (χ1n) is 7.11. The zero-order valence-electron chi connectivity index (χ0n) is 11.4. The number of anilines is 1. The Kier molecular flexibility index (Phi) is 4.28. The molecule has 0 amide bonds. The number of para-hydroxylation sites is 1. The van der Waals surface area contributed by atoms with Crippen molar-refractivity contribution in [2.24, 2.45) is 0 Å². The molecular weight excluding hydrogens is 254 g/mol. The van der Waals surface area contributed by atoms with E-state index in [1.165, 1.54) is 0 Å². The van der Waals surface area contributed by atoms with Crippen LogP contribution in [0.3, 0.4) is 0 Å². The van der Waals surface area contributed by atoms with Gasteiger partial charge in [0.05, 0.1) is 0 Å². The number of ether oxygens (including phenoxy) is 1. The quantitative estimate of drug-likeness (QED) is 0.907. The van der Waals surface area contributed by atoms with Crippen LogP contribution >= 0.6 is 0 Å². The van der Waals surface area contributed by atoms with Gasteiger partial charge in [0, 0.05) is 37.8 Å². The van der Waals surface area contributed by atoms with Crippen LogP contribution in [0.1, 0.15) is 30.5 Å². The number of nitrogens with zero attached hydrogens (tertiary/aromatic N) is 2. The van der Waals surface area contributed by atoms with Crippen molar-refractivity contribution in [2.45, 2.75) is 25.2 Å². The molecule has 3 rings (SSSR count). The van der Waals surface area contributed by atoms with Crippen molar-refractivity contribution in [2.75, 3.05) is 25.1 Å². The van der Waals surface area contributed by atoms with Gasteiger partial charge in [-0.25, -0.2) is 0 Å². The summed E-state index contributed by atoms with van der Waals surface area (Å²) in [5.41, 5.74) is 1.11. The van der Waals surface area contributed by atoms with Crippen LogP contribution in [0.2, 0.25) is 0 Å². The lowest BCUT2D eigenvalue weighted by molar-refractivity contribution is 0.0830. The molecule has 1 aromatic carbocycles. The van der Waals surface area contributed by atoms with E-state index in [4.69, 9.17) is 9.26 Å². The highest BCUT2D eigenvalue weighted by molar-refractivity contribution is 5.42. The van der Waals surface area contributed by atoms with Gasteiger partial charge in [0.25, 0.3) is 0 Å². The lowest BCUT2D eigenvalue weighted by Gasteiger charge is -2.18. The molecule has 1 fully saturated rings. The van der Waals surface area contributed by atoms with Gasteiger partial charge in [-0.05, 0) is 25.0 Å². The van der Waals surface area contributed by atoms with Crippen molar-refractivity contribution in [3.05, 3.63) is 42.0 Å². The molecular formula is C15H19N3O2. The second-order valence-corrected chi connectivity index (χ2v) is 4.98. The number of hydrogen-bond acceptors (Lipinski definition) is 5. The molecule has 1 aromatic heterocycles. The normalized spacial score (nSPS) is 16.2. The molecule has 1 N–H and O–H groups in total. The first-order chi connectivity index (χ1) is 9.92. The molecule has 0 bridgehead atoms. The van der Waals surface area contributed by atoms with E-state index in [1.54, 1.807) is 0 Å². The maximum absolute atomic E-state index is 5.35. The summed E-state index contributed by atoms with van der Waals surface area (Å²) in [4.78, 5) is 4.49. The molecule has 2 aromatic rings. The van der Waals surface area contributed by atoms with Crippen LogP contribution < -0.4 is 5.32 Å². The third kappa shape index (κ3) is 3.36. The van der Waals surface area contributed by atoms with Crippen LogP contribution in [0.25, 0.3) is 0 Å². The summed E-state index contributed by atoms with van der Waals surface area (Å²) >= 11 is 0. The Morgan fingerprint density at radius 3 is 2.75 bits per heavy atom. The van der Waals surface area contributed by atoms with Gasteiger partial charge >= 0.3 is 0 Å². The Bertz CT molecular complexity index is 521. The van der Waals surface area contributed by atoms with Crippen LogP contribution in [0.4, 0.5) is 5.69 Å². The van der Waals surface area contributed by atoms with Gasteiger partial charge in [-0.3, -0.25) is 0 Å². The van der Waals surface area contributed by atoms with Crippen molar-refractivity contribution in [3.8, 4) is 0 Å². The predicted octanol–water partition coefficient (Wildman–Crippen LogP) is 2.62. The highest BCUT2D eigenvalue weighted by Crippen LogP contribution is 2.24. The minimum absolute atomic E-state index is 0.392. The van der Waals surface area contributed by atoms with Gasteiger partial charge in [-0.15, -0.1) is 0 Å². The molecule has 0 spiro atoms. The van der Waals surface area contributed by atoms with E-state index in [0.717, 1.165) is 50.5 Å². The van der Waals surface area contributed by atoms with Crippen LogP contribution in [-0.4, -0.2) is 29.9 Å². The van der Waals surface area contributed by atoms with E-state index in [-0.39, 0.29) is 0 Å². The second-order valence-electron chi connectivity index (χ2n) is 4.98. The van der Waals surface area contributed by atoms with E-state index in [9.17, 15) is 0 Å². The smallest absolute Gasteiger partial charge is 0.228 e. The fourth-order valence-electron chi connectivity index (χ4n) is 2.36. The molecule has 0 unspecified atom stereocenters. The topological polar surface area (TPSA) is 60.2 Å². The SMILES string of the molecule is c1ccc(NCCc2nc(C3CCOCC3)no2)cc1. The molecule has 1 saturated heterocycles. The van der Waals surface area contributed by atoms with Crippen LogP contribution in [0, 0.1) is 0 Å². The van der Waals surface area contributed by atoms with E-state index < -0.39 is 0 Å². The molecule has 106 valence electrons. The summed E-state index contributed by atoms with van der Waals surface area (Å²) in [7, 11) is 0. The van der Waals surface area contributed by atoms with Gasteiger partial charge in [-0.2, -0.15) is 4.98 Å². The Balaban J connectivity index is 1.50. The molecule has 1 aliphatic heterocycles. The highest BCUT2D eigenvalue weighted by Gasteiger charge is 2.21. The fraction of sp³-hybridized carbons (Fsp3) is 0.467. The summed E-state index contributed by atoms with van der Waals surface area (Å²) in [6, 6.07) is 10.1. The van der Waals surface area contributed by atoms with Gasteiger partial charge in [0.15, 0.2) is 5.82 Å². The number of rotatable bonds is 5. The maximum atomic E-state index is 5.35. The zero-order chi connectivity index (χ0) is 13.6. The van der Waals surface area contributed by atoms with Crippen molar-refractivity contribution in [1.29, 1.82) is 0 Å². The molecule has 2 heterocycles. The Hall–Kier alpha value is -1.88. The molecule has 0 aliphatic carbocycles. The Morgan fingerprint density at radius 1 is 1.15 bits per heavy atom. The molecule has 1 aliphatic rings. The summed E-state index contributed by atoms with van der Waals surface area (Å²) in [6.07, 6.45) is 2.72. The third-order valence-electron chi connectivity index (χ3n) is 3.51. The van der Waals surface area contributed by atoms with Crippen molar-refractivity contribution in [3.63, 3.8) is 0 Å². The predicted molar refractivity (Wildman–Crippen MR) is 75.7 cm³/mol. The second kappa shape index (κ2) is 6.52. The lowest BCUT2D eigenvalue weighted by atomic mass is 10.00. The number of benzene rings is 1. The van der Waals surface area contributed by atoms with Gasteiger partial charge < -0.3 is 14.6 Å². The van der Waals surface area contributed by atoms with Gasteiger partial charge in [0.2, 0.25) is 5.89 Å². The monoisotopic (exact) mass is 273 g/mol. The fourth-order valence-corrected chi connectivity index (χ4v) is 2.36. The number of hydrogen-bond donors (Lipinski definition) is 1. The van der Waals surface area contributed by atoms with Gasteiger partial charge in [-0.1, -0.05) is 23.4 Å². The molecule has 0 saturated carbocycles. The maximum Gasteiger partial charge on any atom is 0.228 e. The zero-order valence-corrected chi connectivity index (χ0v) is 11.4. The summed E-state index contributed by atoms with van der Waals surface area (Å²) in [6.45, 7) is 2.38. The standard InChI is InChI=1S/C15H19N3O2/c1-2-4-13(5-3-1)16-9-6-14-17-15(18-20-14)12-7-10-19-11-8-12/h1-5,12,16H,6-11H2. The van der Waals surface area contributed by atoms with Crippen LogP contribution in [-0.2, 0) is 11.2 Å². The van der Waals surface area contributed by atoms with Crippen molar-refractivity contribution in [1.82, 2.24) is 10.1 Å². The van der Waals surface area contributed by atoms with Gasteiger partial charge in [0.1, 0.15) is 0 Å². The van der Waals surface area contributed by atoms with Crippen molar-refractivity contribution < 1.29 is 9.26 Å². The minimum atomic E-state index is 0.392. The minimum Gasteiger partial charge on any atom is -0.385 e. The summed E-state index contributed by atoms with van der Waals surface area (Å²) in [5.74, 6) is 1.93. The molecule has 0 radical (unpaired) electrons.